The quantitative estimate of drug-likeness (QED) is 0.632. The average Bonchev–Trinajstić information content (AvgIpc) is 3.03. The van der Waals surface area contributed by atoms with Crippen molar-refractivity contribution in [1.82, 2.24) is 10.0 Å². The van der Waals surface area contributed by atoms with Gasteiger partial charge in [-0.1, -0.05) is 30.3 Å². The van der Waals surface area contributed by atoms with Crippen molar-refractivity contribution in [2.24, 2.45) is 0 Å². The summed E-state index contributed by atoms with van der Waals surface area (Å²) in [6, 6.07) is 14.3. The molecule has 0 saturated carbocycles. The van der Waals surface area contributed by atoms with Crippen LogP contribution in [0, 0.1) is 10.1 Å². The summed E-state index contributed by atoms with van der Waals surface area (Å²) in [7, 11) is -3.74. The van der Waals surface area contributed by atoms with Gasteiger partial charge >= 0.3 is 0 Å². The van der Waals surface area contributed by atoms with Crippen LogP contribution < -0.4 is 10.0 Å². The van der Waals surface area contributed by atoms with Crippen LogP contribution in [0.2, 0.25) is 0 Å². The third-order valence-corrected chi connectivity index (χ3v) is 5.61. The number of nitro benzene ring substituents is 1. The molecule has 7 nitrogen and oxygen atoms in total. The van der Waals surface area contributed by atoms with E-state index >= 15 is 0 Å². The number of non-ortho nitro benzene ring substituents is 1. The zero-order valence-electron chi connectivity index (χ0n) is 12.8. The molecule has 0 amide bonds. The number of nitrogens with zero attached hydrogens (tertiary/aromatic N) is 1. The maximum Gasteiger partial charge on any atom is 0.269 e. The van der Waals surface area contributed by atoms with E-state index in [1.165, 1.54) is 24.3 Å². The van der Waals surface area contributed by atoms with E-state index in [9.17, 15) is 18.5 Å². The first-order valence-electron chi connectivity index (χ1n) is 7.50. The molecule has 0 bridgehead atoms. The van der Waals surface area contributed by atoms with Crippen LogP contribution in [0.5, 0.6) is 0 Å². The average molecular weight is 347 g/mol. The second kappa shape index (κ2) is 6.68. The molecule has 2 aromatic rings. The van der Waals surface area contributed by atoms with Gasteiger partial charge < -0.3 is 5.32 Å². The summed E-state index contributed by atoms with van der Waals surface area (Å²) < 4.78 is 27.8. The lowest BCUT2D eigenvalue weighted by molar-refractivity contribution is -0.384. The second-order valence-electron chi connectivity index (χ2n) is 5.65. The summed E-state index contributed by atoms with van der Waals surface area (Å²) in [6.07, 6.45) is 0. The van der Waals surface area contributed by atoms with Crippen molar-refractivity contribution < 1.29 is 13.3 Å². The minimum absolute atomic E-state index is 0.0202. The fourth-order valence-electron chi connectivity index (χ4n) is 2.87. The topological polar surface area (TPSA) is 101 Å². The first-order chi connectivity index (χ1) is 11.5. The molecule has 3 rings (SSSR count). The van der Waals surface area contributed by atoms with Crippen molar-refractivity contribution in [1.29, 1.82) is 0 Å². The molecule has 8 heteroatoms. The van der Waals surface area contributed by atoms with Crippen LogP contribution >= 0.6 is 0 Å². The molecule has 1 heterocycles. The van der Waals surface area contributed by atoms with Gasteiger partial charge in [0.05, 0.1) is 9.82 Å². The molecule has 0 unspecified atom stereocenters. The highest BCUT2D eigenvalue weighted by molar-refractivity contribution is 7.89. The molecule has 0 aliphatic carbocycles. The largest absolute Gasteiger partial charge is 0.314 e. The smallest absolute Gasteiger partial charge is 0.269 e. The van der Waals surface area contributed by atoms with Gasteiger partial charge in [-0.25, -0.2) is 13.1 Å². The van der Waals surface area contributed by atoms with Crippen LogP contribution in [0.15, 0.2) is 59.5 Å². The van der Waals surface area contributed by atoms with E-state index in [1.54, 1.807) is 0 Å². The summed E-state index contributed by atoms with van der Waals surface area (Å²) in [6.45, 7) is 1.23. The Balaban J connectivity index is 1.79. The molecule has 2 N–H and O–H groups in total. The van der Waals surface area contributed by atoms with Gasteiger partial charge in [0.1, 0.15) is 0 Å². The van der Waals surface area contributed by atoms with Gasteiger partial charge in [-0.2, -0.15) is 0 Å². The van der Waals surface area contributed by atoms with Gasteiger partial charge in [-0.05, 0) is 17.7 Å². The van der Waals surface area contributed by atoms with Crippen molar-refractivity contribution in [3.05, 3.63) is 70.3 Å². The van der Waals surface area contributed by atoms with E-state index in [4.69, 9.17) is 0 Å². The lowest BCUT2D eigenvalue weighted by Crippen LogP contribution is -2.39. The zero-order valence-corrected chi connectivity index (χ0v) is 13.6. The molecule has 1 aliphatic heterocycles. The van der Waals surface area contributed by atoms with Crippen molar-refractivity contribution in [2.75, 3.05) is 13.1 Å². The van der Waals surface area contributed by atoms with Crippen molar-refractivity contribution in [2.45, 2.75) is 16.9 Å². The number of hydrogen-bond acceptors (Lipinski definition) is 5. The van der Waals surface area contributed by atoms with Gasteiger partial charge in [-0.3, -0.25) is 10.1 Å². The Morgan fingerprint density at radius 3 is 2.33 bits per heavy atom. The van der Waals surface area contributed by atoms with Crippen LogP contribution in [0.4, 0.5) is 5.69 Å². The second-order valence-corrected chi connectivity index (χ2v) is 7.37. The van der Waals surface area contributed by atoms with E-state index in [-0.39, 0.29) is 22.5 Å². The summed E-state index contributed by atoms with van der Waals surface area (Å²) in [5.41, 5.74) is 0.928. The first kappa shape index (κ1) is 16.6. The van der Waals surface area contributed by atoms with Crippen LogP contribution in [-0.4, -0.2) is 32.5 Å². The van der Waals surface area contributed by atoms with Crippen molar-refractivity contribution >= 4 is 15.7 Å². The SMILES string of the molecule is O=[N+]([O-])c1ccc(S(=O)(=O)N[C@@H]2CNC[C@H]2c2ccccc2)cc1. The Morgan fingerprint density at radius 1 is 1.04 bits per heavy atom. The molecule has 126 valence electrons. The number of sulfonamides is 1. The van der Waals surface area contributed by atoms with E-state index in [0.717, 1.165) is 5.56 Å². The molecular formula is C16H17N3O4S. The summed E-state index contributed by atoms with van der Waals surface area (Å²) in [5, 5.41) is 13.9. The minimum atomic E-state index is -3.74. The van der Waals surface area contributed by atoms with E-state index in [2.05, 4.69) is 10.0 Å². The number of nitrogens with one attached hydrogen (secondary N) is 2. The molecule has 0 aromatic heterocycles. The Kier molecular flexibility index (Phi) is 4.61. The monoisotopic (exact) mass is 347 g/mol. The normalized spacial score (nSPS) is 20.8. The fraction of sp³-hybridized carbons (Fsp3) is 0.250. The molecule has 0 radical (unpaired) electrons. The highest BCUT2D eigenvalue weighted by Gasteiger charge is 2.32. The fourth-order valence-corrected chi connectivity index (χ4v) is 4.14. The number of benzene rings is 2. The Labute approximate surface area is 139 Å². The first-order valence-corrected chi connectivity index (χ1v) is 8.98. The van der Waals surface area contributed by atoms with Crippen LogP contribution in [-0.2, 0) is 10.0 Å². The Bertz CT molecular complexity index is 822. The van der Waals surface area contributed by atoms with E-state index in [1.807, 2.05) is 30.3 Å². The lowest BCUT2D eigenvalue weighted by Gasteiger charge is -2.20. The summed E-state index contributed by atoms with van der Waals surface area (Å²) in [4.78, 5) is 10.1. The Morgan fingerprint density at radius 2 is 1.71 bits per heavy atom. The lowest BCUT2D eigenvalue weighted by atomic mass is 9.95. The van der Waals surface area contributed by atoms with E-state index in [0.29, 0.717) is 13.1 Å². The molecule has 2 atom stereocenters. The molecule has 0 spiro atoms. The van der Waals surface area contributed by atoms with Gasteiger partial charge in [0, 0.05) is 37.2 Å². The highest BCUT2D eigenvalue weighted by atomic mass is 32.2. The van der Waals surface area contributed by atoms with Gasteiger partial charge in [0.15, 0.2) is 0 Å². The molecule has 24 heavy (non-hydrogen) atoms. The zero-order chi connectivity index (χ0) is 17.2. The van der Waals surface area contributed by atoms with Gasteiger partial charge in [0.2, 0.25) is 10.0 Å². The van der Waals surface area contributed by atoms with Crippen LogP contribution in [0.25, 0.3) is 0 Å². The third-order valence-electron chi connectivity index (χ3n) is 4.11. The summed E-state index contributed by atoms with van der Waals surface area (Å²) >= 11 is 0. The molecule has 1 fully saturated rings. The Hall–Kier alpha value is -2.29. The van der Waals surface area contributed by atoms with Gasteiger partial charge in [0.25, 0.3) is 5.69 Å². The van der Waals surface area contributed by atoms with Crippen molar-refractivity contribution in [3.63, 3.8) is 0 Å². The predicted molar refractivity (Wildman–Crippen MR) is 89.3 cm³/mol. The maximum absolute atomic E-state index is 12.5. The molecule has 1 saturated heterocycles. The molecular weight excluding hydrogens is 330 g/mol. The minimum Gasteiger partial charge on any atom is -0.314 e. The predicted octanol–water partition coefficient (Wildman–Crippen LogP) is 1.63. The summed E-state index contributed by atoms with van der Waals surface area (Å²) in [5.74, 6) is 0.0408. The third kappa shape index (κ3) is 3.45. The number of hydrogen-bond donors (Lipinski definition) is 2. The number of nitro groups is 1. The standard InChI is InChI=1S/C16H17N3O4S/c20-19(21)13-6-8-14(9-7-13)24(22,23)18-16-11-17-10-15(16)12-4-2-1-3-5-12/h1-9,15-18H,10-11H2/t15-,16+/m0/s1. The van der Waals surface area contributed by atoms with E-state index < -0.39 is 14.9 Å². The van der Waals surface area contributed by atoms with Crippen molar-refractivity contribution in [3.8, 4) is 0 Å². The number of rotatable bonds is 5. The highest BCUT2D eigenvalue weighted by Crippen LogP contribution is 2.24. The van der Waals surface area contributed by atoms with Gasteiger partial charge in [-0.15, -0.1) is 0 Å². The van der Waals surface area contributed by atoms with Crippen LogP contribution in [0.3, 0.4) is 0 Å². The maximum atomic E-state index is 12.5. The van der Waals surface area contributed by atoms with Crippen LogP contribution in [0.1, 0.15) is 11.5 Å². The molecule has 1 aliphatic rings. The molecule has 2 aromatic carbocycles.